The van der Waals surface area contributed by atoms with E-state index < -0.39 is 17.3 Å². The van der Waals surface area contributed by atoms with E-state index in [1.54, 1.807) is 31.6 Å². The Balaban J connectivity index is 1.66. The molecule has 0 saturated heterocycles. The number of carbonyl (C=O) groups excluding carboxylic acids is 2. The summed E-state index contributed by atoms with van der Waals surface area (Å²) in [5.74, 6) is -0.777. The summed E-state index contributed by atoms with van der Waals surface area (Å²) in [6, 6.07) is 9.03. The van der Waals surface area contributed by atoms with Gasteiger partial charge in [0.2, 0.25) is 5.60 Å². The van der Waals surface area contributed by atoms with Crippen molar-refractivity contribution in [3.05, 3.63) is 65.9 Å². The Labute approximate surface area is 173 Å². The number of hydroxylamine groups is 1. The van der Waals surface area contributed by atoms with E-state index in [0.717, 1.165) is 16.8 Å². The second-order valence-electron chi connectivity index (χ2n) is 6.90. The summed E-state index contributed by atoms with van der Waals surface area (Å²) in [5, 5.41) is 12.9. The molecule has 0 fully saturated rings. The molecule has 0 aliphatic heterocycles. The highest BCUT2D eigenvalue weighted by molar-refractivity contribution is 6.08. The molecule has 1 unspecified atom stereocenters. The molecule has 2 N–H and O–H groups in total. The molecule has 1 amide bonds. The van der Waals surface area contributed by atoms with Crippen molar-refractivity contribution in [3.8, 4) is 11.3 Å². The van der Waals surface area contributed by atoms with Gasteiger partial charge in [-0.1, -0.05) is 29.4 Å². The molecule has 3 aromatic rings. The van der Waals surface area contributed by atoms with Crippen LogP contribution in [-0.2, 0) is 27.4 Å². The molecule has 0 bridgehead atoms. The second-order valence-corrected chi connectivity index (χ2v) is 6.90. The van der Waals surface area contributed by atoms with Crippen molar-refractivity contribution in [2.75, 3.05) is 0 Å². The van der Waals surface area contributed by atoms with Crippen LogP contribution >= 0.6 is 0 Å². The van der Waals surface area contributed by atoms with Crippen molar-refractivity contribution in [1.29, 1.82) is 0 Å². The van der Waals surface area contributed by atoms with E-state index >= 15 is 0 Å². The Morgan fingerprint density at radius 1 is 1.23 bits per heavy atom. The lowest BCUT2D eigenvalue weighted by atomic mass is 9.95. The fourth-order valence-electron chi connectivity index (χ4n) is 2.84. The van der Waals surface area contributed by atoms with Crippen LogP contribution < -0.4 is 5.48 Å². The number of aryl methyl sites for hydroxylation is 2. The number of ketones is 1. The lowest BCUT2D eigenvalue weighted by molar-refractivity contribution is -0.164. The maximum Gasteiger partial charge on any atom is 0.283 e. The second kappa shape index (κ2) is 9.38. The number of amides is 1. The summed E-state index contributed by atoms with van der Waals surface area (Å²) in [5.41, 5.74) is 2.63. The van der Waals surface area contributed by atoms with E-state index in [1.807, 2.05) is 24.3 Å². The number of hydrogen-bond acceptors (Lipinski definition) is 8. The number of rotatable bonds is 9. The highest BCUT2D eigenvalue weighted by atomic mass is 16.5. The highest BCUT2D eigenvalue weighted by Crippen LogP contribution is 2.21. The molecule has 0 aliphatic rings. The molecule has 9 nitrogen and oxygen atoms in total. The summed E-state index contributed by atoms with van der Waals surface area (Å²) < 4.78 is 10.7. The monoisotopic (exact) mass is 410 g/mol. The van der Waals surface area contributed by atoms with Crippen molar-refractivity contribution < 1.29 is 24.1 Å². The van der Waals surface area contributed by atoms with Gasteiger partial charge in [0, 0.05) is 36.9 Å². The molecule has 2 aromatic heterocycles. The lowest BCUT2D eigenvalue weighted by Gasteiger charge is -2.26. The minimum Gasteiger partial charge on any atom is -0.361 e. The van der Waals surface area contributed by atoms with Crippen LogP contribution in [0.15, 0.2) is 53.4 Å². The van der Waals surface area contributed by atoms with E-state index in [0.29, 0.717) is 17.9 Å². The van der Waals surface area contributed by atoms with Crippen molar-refractivity contribution in [1.82, 2.24) is 20.6 Å². The van der Waals surface area contributed by atoms with Gasteiger partial charge in [0.05, 0.1) is 24.2 Å². The molecular weight excluding hydrogens is 388 g/mol. The Bertz CT molecular complexity index is 1000. The van der Waals surface area contributed by atoms with Crippen LogP contribution in [0.1, 0.15) is 30.4 Å². The molecule has 9 heteroatoms. The first-order chi connectivity index (χ1) is 14.4. The standard InChI is InChI=1S/C21H22N4O5/c1-14-11-17(25-30-14)7-8-19(26)21(2,20(27)24-28)29-13-15-3-5-16(6-4-15)18-12-22-9-10-23-18/h3-6,9-12,28H,7-8,13H2,1-2H3,(H,24,27). The largest absolute Gasteiger partial charge is 0.361 e. The number of nitrogens with one attached hydrogen (secondary N) is 1. The van der Waals surface area contributed by atoms with Gasteiger partial charge in [0.25, 0.3) is 5.91 Å². The van der Waals surface area contributed by atoms with Crippen LogP contribution in [0.3, 0.4) is 0 Å². The number of benzene rings is 1. The topological polar surface area (TPSA) is 127 Å². The molecule has 0 spiro atoms. The lowest BCUT2D eigenvalue weighted by Crippen LogP contribution is -2.51. The van der Waals surface area contributed by atoms with Crippen molar-refractivity contribution in [2.45, 2.75) is 38.9 Å². The zero-order valence-corrected chi connectivity index (χ0v) is 16.7. The summed E-state index contributed by atoms with van der Waals surface area (Å²) in [6.45, 7) is 3.09. The highest BCUT2D eigenvalue weighted by Gasteiger charge is 2.41. The van der Waals surface area contributed by atoms with E-state index in [9.17, 15) is 9.59 Å². The molecule has 30 heavy (non-hydrogen) atoms. The molecule has 0 saturated carbocycles. The quantitative estimate of drug-likeness (QED) is 0.313. The molecule has 3 rings (SSSR count). The maximum absolute atomic E-state index is 12.7. The van der Waals surface area contributed by atoms with Crippen LogP contribution in [0.25, 0.3) is 11.3 Å². The van der Waals surface area contributed by atoms with Gasteiger partial charge in [-0.2, -0.15) is 0 Å². The van der Waals surface area contributed by atoms with E-state index in [-0.39, 0.29) is 13.0 Å². The average molecular weight is 410 g/mol. The van der Waals surface area contributed by atoms with Gasteiger partial charge >= 0.3 is 0 Å². The van der Waals surface area contributed by atoms with Crippen LogP contribution in [0.2, 0.25) is 0 Å². The van der Waals surface area contributed by atoms with Gasteiger partial charge in [-0.15, -0.1) is 0 Å². The Morgan fingerprint density at radius 2 is 2.00 bits per heavy atom. The molecule has 2 heterocycles. The molecule has 0 radical (unpaired) electrons. The summed E-state index contributed by atoms with van der Waals surface area (Å²) >= 11 is 0. The average Bonchev–Trinajstić information content (AvgIpc) is 3.21. The van der Waals surface area contributed by atoms with Crippen LogP contribution in [0.4, 0.5) is 0 Å². The third-order valence-corrected chi connectivity index (χ3v) is 4.69. The zero-order chi connectivity index (χ0) is 21.6. The minimum atomic E-state index is -1.85. The number of nitrogens with zero attached hydrogens (tertiary/aromatic N) is 3. The number of hydrogen-bond donors (Lipinski definition) is 2. The van der Waals surface area contributed by atoms with Crippen molar-refractivity contribution >= 4 is 11.7 Å². The molecule has 0 aliphatic carbocycles. The Kier molecular flexibility index (Phi) is 6.65. The first-order valence-corrected chi connectivity index (χ1v) is 9.31. The normalized spacial score (nSPS) is 12.9. The fourth-order valence-corrected chi connectivity index (χ4v) is 2.84. The SMILES string of the molecule is Cc1cc(CCC(=O)C(C)(OCc2ccc(-c3cnccn3)cc2)C(=O)NO)no1. The smallest absolute Gasteiger partial charge is 0.283 e. The van der Waals surface area contributed by atoms with Gasteiger partial charge in [0.15, 0.2) is 5.78 Å². The van der Waals surface area contributed by atoms with Crippen LogP contribution in [0, 0.1) is 6.92 Å². The van der Waals surface area contributed by atoms with Crippen molar-refractivity contribution in [3.63, 3.8) is 0 Å². The molecule has 1 atom stereocenters. The molecule has 156 valence electrons. The third-order valence-electron chi connectivity index (χ3n) is 4.69. The number of aromatic nitrogens is 3. The number of ether oxygens (including phenoxy) is 1. The van der Waals surface area contributed by atoms with E-state index in [2.05, 4.69) is 15.1 Å². The maximum atomic E-state index is 12.7. The molecular formula is C21H22N4O5. The van der Waals surface area contributed by atoms with Crippen LogP contribution in [0.5, 0.6) is 0 Å². The Hall–Kier alpha value is -3.43. The first-order valence-electron chi connectivity index (χ1n) is 9.31. The number of carbonyl (C=O) groups is 2. The van der Waals surface area contributed by atoms with Gasteiger partial charge in [-0.3, -0.25) is 24.8 Å². The Morgan fingerprint density at radius 3 is 2.60 bits per heavy atom. The zero-order valence-electron chi connectivity index (χ0n) is 16.7. The van der Waals surface area contributed by atoms with Crippen molar-refractivity contribution in [2.24, 2.45) is 0 Å². The van der Waals surface area contributed by atoms with Gasteiger partial charge in [0.1, 0.15) is 5.76 Å². The predicted octanol–water partition coefficient (Wildman–Crippen LogP) is 2.42. The van der Waals surface area contributed by atoms with E-state index in [4.69, 9.17) is 14.5 Å². The predicted molar refractivity (Wildman–Crippen MR) is 105 cm³/mol. The third kappa shape index (κ3) is 4.94. The van der Waals surface area contributed by atoms with Gasteiger partial charge in [-0.25, -0.2) is 5.48 Å². The van der Waals surface area contributed by atoms with Gasteiger partial charge in [-0.05, 0) is 19.4 Å². The summed E-state index contributed by atoms with van der Waals surface area (Å²) in [6.07, 6.45) is 5.15. The number of Topliss-reactive ketones (excluding diaryl/α,β-unsaturated/α-hetero) is 1. The minimum absolute atomic E-state index is 0.000519. The first kappa shape index (κ1) is 21.3. The summed E-state index contributed by atoms with van der Waals surface area (Å²) in [7, 11) is 0. The molecule has 1 aromatic carbocycles. The summed E-state index contributed by atoms with van der Waals surface area (Å²) in [4.78, 5) is 33.2. The van der Waals surface area contributed by atoms with Crippen LogP contribution in [-0.4, -0.2) is 37.6 Å². The van der Waals surface area contributed by atoms with E-state index in [1.165, 1.54) is 12.4 Å². The fraction of sp³-hybridized carbons (Fsp3) is 0.286. The van der Waals surface area contributed by atoms with Gasteiger partial charge < -0.3 is 9.26 Å².